The molecule has 1 aliphatic rings. The minimum absolute atomic E-state index is 0.231. The number of benzene rings is 1. The van der Waals surface area contributed by atoms with Crippen LogP contribution in [0.25, 0.3) is 0 Å². The number of nitrogens with two attached hydrogens (primary N) is 1. The summed E-state index contributed by atoms with van der Waals surface area (Å²) in [6.45, 7) is 1.92. The fourth-order valence-corrected chi connectivity index (χ4v) is 1.28. The highest BCUT2D eigenvalue weighted by atomic mass is 16.7. The van der Waals surface area contributed by atoms with Gasteiger partial charge >= 0.3 is 0 Å². The van der Waals surface area contributed by atoms with E-state index >= 15 is 0 Å². The van der Waals surface area contributed by atoms with Crippen LogP contribution in [0.4, 0.5) is 5.69 Å². The molecule has 0 aliphatic carbocycles. The summed E-state index contributed by atoms with van der Waals surface area (Å²) < 4.78 is 10.3. The molecule has 1 aromatic carbocycles. The molecule has 0 aromatic heterocycles. The highest BCUT2D eigenvalue weighted by Crippen LogP contribution is 2.35. The normalized spacial score (nSPS) is 13.0. The fraction of sp³-hybridized carbons (Fsp3) is 0.222. The lowest BCUT2D eigenvalue weighted by Gasteiger charge is -2.04. The molecular weight excluding hydrogens is 168 g/mol. The number of nitrogens with one attached hydrogen (secondary N) is 1. The van der Waals surface area contributed by atoms with Crippen molar-refractivity contribution in [1.82, 2.24) is 0 Å². The van der Waals surface area contributed by atoms with Gasteiger partial charge in [0, 0.05) is 23.0 Å². The Labute approximate surface area is 75.8 Å². The molecule has 0 fully saturated rings. The first-order chi connectivity index (χ1) is 6.18. The lowest BCUT2D eigenvalue weighted by molar-refractivity contribution is 0.174. The molecule has 0 spiro atoms. The van der Waals surface area contributed by atoms with Crippen LogP contribution in [0.3, 0.4) is 0 Å². The first kappa shape index (κ1) is 7.91. The Morgan fingerprint density at radius 2 is 2.00 bits per heavy atom. The molecule has 13 heavy (non-hydrogen) atoms. The first-order valence-electron chi connectivity index (χ1n) is 3.93. The zero-order chi connectivity index (χ0) is 9.42. The molecule has 3 N–H and O–H groups in total. The summed E-state index contributed by atoms with van der Waals surface area (Å²) in [5, 5.41) is 7.46. The third-order valence-electron chi connectivity index (χ3n) is 1.95. The van der Waals surface area contributed by atoms with Gasteiger partial charge in [0.05, 0.1) is 0 Å². The molecule has 0 radical (unpaired) electrons. The van der Waals surface area contributed by atoms with Gasteiger partial charge in [0.2, 0.25) is 6.79 Å². The molecule has 4 heteroatoms. The average molecular weight is 178 g/mol. The summed E-state index contributed by atoms with van der Waals surface area (Å²) in [6, 6.07) is 3.43. The Kier molecular flexibility index (Phi) is 1.62. The highest BCUT2D eigenvalue weighted by Gasteiger charge is 2.16. The summed E-state index contributed by atoms with van der Waals surface area (Å²) in [7, 11) is 0. The molecule has 68 valence electrons. The topological polar surface area (TPSA) is 68.3 Å². The maximum atomic E-state index is 7.46. The predicted molar refractivity (Wildman–Crippen MR) is 49.5 cm³/mol. The molecule has 1 aliphatic heterocycles. The second-order valence-electron chi connectivity index (χ2n) is 2.92. The fourth-order valence-electron chi connectivity index (χ4n) is 1.28. The van der Waals surface area contributed by atoms with E-state index in [-0.39, 0.29) is 6.79 Å². The maximum absolute atomic E-state index is 7.46. The van der Waals surface area contributed by atoms with E-state index in [1.54, 1.807) is 19.1 Å². The number of hydrogen-bond acceptors (Lipinski definition) is 4. The van der Waals surface area contributed by atoms with Crippen LogP contribution in [0.15, 0.2) is 12.1 Å². The van der Waals surface area contributed by atoms with Crippen LogP contribution >= 0.6 is 0 Å². The minimum Gasteiger partial charge on any atom is -0.454 e. The van der Waals surface area contributed by atoms with E-state index < -0.39 is 0 Å². The number of ether oxygens (including phenoxy) is 2. The molecule has 0 saturated carbocycles. The molecule has 1 aromatic rings. The van der Waals surface area contributed by atoms with Gasteiger partial charge in [0.1, 0.15) is 0 Å². The Hall–Kier alpha value is -1.71. The molecule has 2 rings (SSSR count). The van der Waals surface area contributed by atoms with Crippen molar-refractivity contribution in [3.05, 3.63) is 17.7 Å². The van der Waals surface area contributed by atoms with Crippen LogP contribution in [0.5, 0.6) is 11.5 Å². The van der Waals surface area contributed by atoms with Crippen molar-refractivity contribution in [3.63, 3.8) is 0 Å². The van der Waals surface area contributed by atoms with E-state index in [1.807, 2.05) is 0 Å². The quantitative estimate of drug-likeness (QED) is 0.504. The molecule has 0 atom stereocenters. The Bertz CT molecular complexity index is 374. The zero-order valence-corrected chi connectivity index (χ0v) is 7.26. The van der Waals surface area contributed by atoms with Gasteiger partial charge in [0.25, 0.3) is 0 Å². The molecule has 1 heterocycles. The van der Waals surface area contributed by atoms with E-state index in [2.05, 4.69) is 0 Å². The summed E-state index contributed by atoms with van der Waals surface area (Å²) in [5.41, 5.74) is 7.40. The van der Waals surface area contributed by atoms with Crippen LogP contribution in [0.2, 0.25) is 0 Å². The van der Waals surface area contributed by atoms with E-state index in [0.29, 0.717) is 28.5 Å². The number of fused-ring (bicyclic) bond motifs is 1. The first-order valence-corrected chi connectivity index (χ1v) is 3.93. The molecular formula is C9H10N2O2. The second-order valence-corrected chi connectivity index (χ2v) is 2.92. The molecule has 0 amide bonds. The van der Waals surface area contributed by atoms with Gasteiger partial charge in [-0.25, -0.2) is 0 Å². The van der Waals surface area contributed by atoms with Gasteiger partial charge < -0.3 is 20.6 Å². The Balaban J connectivity index is 2.55. The van der Waals surface area contributed by atoms with Gasteiger partial charge in [-0.3, -0.25) is 0 Å². The second kappa shape index (κ2) is 2.65. The van der Waals surface area contributed by atoms with Crippen molar-refractivity contribution in [3.8, 4) is 11.5 Å². The molecule has 0 bridgehead atoms. The van der Waals surface area contributed by atoms with Crippen molar-refractivity contribution in [1.29, 1.82) is 5.41 Å². The van der Waals surface area contributed by atoms with E-state index in [4.69, 9.17) is 20.6 Å². The lowest BCUT2D eigenvalue weighted by atomic mass is 10.1. The van der Waals surface area contributed by atoms with Crippen molar-refractivity contribution < 1.29 is 9.47 Å². The number of rotatable bonds is 1. The predicted octanol–water partition coefficient (Wildman–Crippen LogP) is 1.39. The van der Waals surface area contributed by atoms with Crippen LogP contribution in [0.1, 0.15) is 12.5 Å². The summed E-state index contributed by atoms with van der Waals surface area (Å²) in [5.74, 6) is 1.32. The number of nitrogen functional groups attached to an aromatic ring is 1. The van der Waals surface area contributed by atoms with E-state index in [9.17, 15) is 0 Å². The lowest BCUT2D eigenvalue weighted by Crippen LogP contribution is -1.99. The summed E-state index contributed by atoms with van der Waals surface area (Å²) in [6.07, 6.45) is 0. The average Bonchev–Trinajstić information content (AvgIpc) is 2.48. The SMILES string of the molecule is CC(=N)c1cc2c(cc1N)OCO2. The van der Waals surface area contributed by atoms with Gasteiger partial charge in [-0.2, -0.15) is 0 Å². The number of anilines is 1. The van der Waals surface area contributed by atoms with Crippen molar-refractivity contribution >= 4 is 11.4 Å². The van der Waals surface area contributed by atoms with Gasteiger partial charge in [-0.15, -0.1) is 0 Å². The van der Waals surface area contributed by atoms with E-state index in [0.717, 1.165) is 0 Å². The van der Waals surface area contributed by atoms with Crippen LogP contribution in [-0.2, 0) is 0 Å². The van der Waals surface area contributed by atoms with Crippen LogP contribution < -0.4 is 15.2 Å². The molecule has 4 nitrogen and oxygen atoms in total. The van der Waals surface area contributed by atoms with Gasteiger partial charge in [-0.05, 0) is 13.0 Å². The third kappa shape index (κ3) is 1.20. The Morgan fingerprint density at radius 1 is 1.38 bits per heavy atom. The smallest absolute Gasteiger partial charge is 0.231 e. The molecule has 0 saturated heterocycles. The van der Waals surface area contributed by atoms with Crippen molar-refractivity contribution in [2.45, 2.75) is 6.92 Å². The highest BCUT2D eigenvalue weighted by molar-refractivity contribution is 6.01. The zero-order valence-electron chi connectivity index (χ0n) is 7.26. The largest absolute Gasteiger partial charge is 0.454 e. The van der Waals surface area contributed by atoms with Crippen LogP contribution in [0, 0.1) is 5.41 Å². The van der Waals surface area contributed by atoms with Crippen molar-refractivity contribution in [2.75, 3.05) is 12.5 Å². The number of hydrogen-bond donors (Lipinski definition) is 2. The summed E-state index contributed by atoms with van der Waals surface area (Å²) in [4.78, 5) is 0. The van der Waals surface area contributed by atoms with Gasteiger partial charge in [-0.1, -0.05) is 0 Å². The standard InChI is InChI=1S/C9H10N2O2/c1-5(10)6-2-8-9(3-7(6)11)13-4-12-8/h2-3,10H,4,11H2,1H3. The molecule has 0 unspecified atom stereocenters. The van der Waals surface area contributed by atoms with E-state index in [1.165, 1.54) is 0 Å². The van der Waals surface area contributed by atoms with Gasteiger partial charge in [0.15, 0.2) is 11.5 Å². The third-order valence-corrected chi connectivity index (χ3v) is 1.95. The monoisotopic (exact) mass is 178 g/mol. The minimum atomic E-state index is 0.231. The van der Waals surface area contributed by atoms with Crippen LogP contribution in [-0.4, -0.2) is 12.5 Å². The maximum Gasteiger partial charge on any atom is 0.231 e. The van der Waals surface area contributed by atoms with Crippen molar-refractivity contribution in [2.24, 2.45) is 0 Å². The summed E-state index contributed by atoms with van der Waals surface area (Å²) >= 11 is 0. The Morgan fingerprint density at radius 3 is 2.62 bits per heavy atom.